The molecule has 192 valence electrons. The zero-order valence-corrected chi connectivity index (χ0v) is 21.6. The molecule has 0 aliphatic carbocycles. The fourth-order valence-electron chi connectivity index (χ4n) is 4.20. The van der Waals surface area contributed by atoms with E-state index in [1.807, 2.05) is 0 Å². The van der Waals surface area contributed by atoms with Gasteiger partial charge in [-0.15, -0.1) is 0 Å². The number of fused-ring (bicyclic) bond motifs is 1. The second kappa shape index (κ2) is 11.6. The SMILES string of the molecule is CN(C(=O)c1c(Cl)cccc1Cl)[C@@H](Cc1ccc(C(=O)NCc2cnc3c(c2)CCCN3)cc1)C(=O)O. The number of amides is 2. The van der Waals surface area contributed by atoms with Crippen molar-refractivity contribution in [3.63, 3.8) is 0 Å². The number of carboxylic acid groups (broad SMARTS) is 1. The van der Waals surface area contributed by atoms with Crippen LogP contribution >= 0.6 is 23.2 Å². The Morgan fingerprint density at radius 3 is 2.49 bits per heavy atom. The summed E-state index contributed by atoms with van der Waals surface area (Å²) in [5.74, 6) is -1.11. The molecule has 0 bridgehead atoms. The molecule has 0 unspecified atom stereocenters. The van der Waals surface area contributed by atoms with Gasteiger partial charge in [-0.05, 0) is 59.9 Å². The highest BCUT2D eigenvalue weighted by atomic mass is 35.5. The minimum atomic E-state index is -1.17. The highest BCUT2D eigenvalue weighted by Crippen LogP contribution is 2.26. The number of hydrogen-bond donors (Lipinski definition) is 3. The Hall–Kier alpha value is -3.62. The number of carbonyl (C=O) groups is 3. The number of aromatic nitrogens is 1. The number of aryl methyl sites for hydroxylation is 1. The van der Waals surface area contributed by atoms with E-state index in [2.05, 4.69) is 21.7 Å². The Morgan fingerprint density at radius 1 is 1.11 bits per heavy atom. The molecule has 8 nitrogen and oxygen atoms in total. The monoisotopic (exact) mass is 540 g/mol. The third-order valence-electron chi connectivity index (χ3n) is 6.29. The lowest BCUT2D eigenvalue weighted by Crippen LogP contribution is -2.44. The van der Waals surface area contributed by atoms with E-state index in [-0.39, 0.29) is 27.9 Å². The molecule has 2 aromatic carbocycles. The molecule has 0 spiro atoms. The van der Waals surface area contributed by atoms with E-state index in [9.17, 15) is 19.5 Å². The summed E-state index contributed by atoms with van der Waals surface area (Å²) in [5, 5.41) is 16.2. The Kier molecular flexibility index (Phi) is 8.31. The van der Waals surface area contributed by atoms with Gasteiger partial charge in [0.05, 0.1) is 15.6 Å². The van der Waals surface area contributed by atoms with Gasteiger partial charge in [0.1, 0.15) is 11.9 Å². The van der Waals surface area contributed by atoms with Crippen LogP contribution in [0.2, 0.25) is 10.0 Å². The predicted molar refractivity (Wildman–Crippen MR) is 142 cm³/mol. The number of rotatable bonds is 8. The molecule has 10 heteroatoms. The first-order valence-electron chi connectivity index (χ1n) is 11.8. The van der Waals surface area contributed by atoms with Gasteiger partial charge in [0.15, 0.2) is 0 Å². The van der Waals surface area contributed by atoms with E-state index in [4.69, 9.17) is 23.2 Å². The van der Waals surface area contributed by atoms with Gasteiger partial charge in [-0.25, -0.2) is 9.78 Å². The van der Waals surface area contributed by atoms with E-state index in [0.29, 0.717) is 17.7 Å². The molecule has 3 N–H and O–H groups in total. The fraction of sp³-hybridized carbons (Fsp3) is 0.259. The summed E-state index contributed by atoms with van der Waals surface area (Å²) in [4.78, 5) is 43.2. The number of carboxylic acids is 1. The summed E-state index contributed by atoms with van der Waals surface area (Å²) in [6.45, 7) is 1.26. The third-order valence-corrected chi connectivity index (χ3v) is 6.92. The van der Waals surface area contributed by atoms with E-state index >= 15 is 0 Å². The van der Waals surface area contributed by atoms with Crippen molar-refractivity contribution in [2.75, 3.05) is 18.9 Å². The van der Waals surface area contributed by atoms with E-state index in [1.165, 1.54) is 19.2 Å². The molecule has 2 heterocycles. The quantitative estimate of drug-likeness (QED) is 0.389. The van der Waals surface area contributed by atoms with Crippen molar-refractivity contribution >= 4 is 46.8 Å². The van der Waals surface area contributed by atoms with Crippen LogP contribution in [0.5, 0.6) is 0 Å². The second-order valence-corrected chi connectivity index (χ2v) is 9.65. The number of aliphatic carboxylic acids is 1. The average molecular weight is 541 g/mol. The maximum Gasteiger partial charge on any atom is 0.326 e. The maximum atomic E-state index is 13.0. The van der Waals surface area contributed by atoms with Crippen LogP contribution in [-0.4, -0.2) is 52.4 Å². The largest absolute Gasteiger partial charge is 0.480 e. The number of likely N-dealkylation sites (N-methyl/N-ethyl adjacent to an activating group) is 1. The first-order valence-corrected chi connectivity index (χ1v) is 12.5. The molecule has 4 rings (SSSR count). The molecule has 1 aliphatic heterocycles. The van der Waals surface area contributed by atoms with Crippen LogP contribution in [-0.2, 0) is 24.2 Å². The summed E-state index contributed by atoms with van der Waals surface area (Å²) in [6.07, 6.45) is 3.80. The number of hydrogen-bond acceptors (Lipinski definition) is 5. The zero-order chi connectivity index (χ0) is 26.5. The topological polar surface area (TPSA) is 112 Å². The molecule has 0 saturated heterocycles. The van der Waals surface area contributed by atoms with Crippen LogP contribution in [0.3, 0.4) is 0 Å². The number of nitrogens with one attached hydrogen (secondary N) is 2. The predicted octanol–water partition coefficient (Wildman–Crippen LogP) is 4.44. The smallest absolute Gasteiger partial charge is 0.326 e. The summed E-state index contributed by atoms with van der Waals surface area (Å²) < 4.78 is 0. The Bertz CT molecular complexity index is 1310. The van der Waals surface area contributed by atoms with Gasteiger partial charge >= 0.3 is 5.97 Å². The number of nitrogens with zero attached hydrogens (tertiary/aromatic N) is 2. The highest BCUT2D eigenvalue weighted by molar-refractivity contribution is 6.39. The summed E-state index contributed by atoms with van der Waals surface area (Å²) in [5.41, 5.74) is 3.21. The fourth-order valence-corrected chi connectivity index (χ4v) is 4.76. The van der Waals surface area contributed by atoms with Crippen molar-refractivity contribution in [2.45, 2.75) is 31.8 Å². The van der Waals surface area contributed by atoms with E-state index in [1.54, 1.807) is 36.5 Å². The highest BCUT2D eigenvalue weighted by Gasteiger charge is 2.29. The van der Waals surface area contributed by atoms with Gasteiger partial charge in [-0.3, -0.25) is 9.59 Å². The van der Waals surface area contributed by atoms with E-state index < -0.39 is 17.9 Å². The van der Waals surface area contributed by atoms with Crippen molar-refractivity contribution in [1.82, 2.24) is 15.2 Å². The summed E-state index contributed by atoms with van der Waals surface area (Å²) >= 11 is 12.3. The summed E-state index contributed by atoms with van der Waals surface area (Å²) in [6, 6.07) is 12.2. The first kappa shape index (κ1) is 26.4. The van der Waals surface area contributed by atoms with Gasteiger partial charge in [0.2, 0.25) is 0 Å². The molecule has 2 amide bonds. The third kappa shape index (κ3) is 6.21. The minimum absolute atomic E-state index is 0.0381. The zero-order valence-electron chi connectivity index (χ0n) is 20.1. The molecule has 0 saturated carbocycles. The lowest BCUT2D eigenvalue weighted by atomic mass is 10.0. The van der Waals surface area contributed by atoms with Gasteiger partial charge in [-0.1, -0.05) is 41.4 Å². The van der Waals surface area contributed by atoms with Crippen LogP contribution in [0, 0.1) is 0 Å². The summed E-state index contributed by atoms with van der Waals surface area (Å²) in [7, 11) is 1.40. The van der Waals surface area contributed by atoms with Crippen LogP contribution in [0.4, 0.5) is 5.82 Å². The van der Waals surface area contributed by atoms with Crippen molar-refractivity contribution in [3.8, 4) is 0 Å². The number of pyridine rings is 1. The van der Waals surface area contributed by atoms with Gasteiger partial charge in [0, 0.05) is 38.3 Å². The van der Waals surface area contributed by atoms with Crippen LogP contribution < -0.4 is 10.6 Å². The minimum Gasteiger partial charge on any atom is -0.480 e. The molecule has 37 heavy (non-hydrogen) atoms. The first-order chi connectivity index (χ1) is 17.7. The second-order valence-electron chi connectivity index (χ2n) is 8.83. The Morgan fingerprint density at radius 2 is 1.81 bits per heavy atom. The number of carbonyl (C=O) groups excluding carboxylic acids is 2. The normalized spacial score (nSPS) is 13.2. The van der Waals surface area contributed by atoms with E-state index in [0.717, 1.165) is 41.2 Å². The van der Waals surface area contributed by atoms with Crippen LogP contribution in [0.15, 0.2) is 54.7 Å². The molecule has 0 radical (unpaired) electrons. The molecule has 0 fully saturated rings. The lowest BCUT2D eigenvalue weighted by Gasteiger charge is -2.26. The van der Waals surface area contributed by atoms with Gasteiger partial charge in [0.25, 0.3) is 11.8 Å². The Labute approximate surface area is 224 Å². The average Bonchev–Trinajstić information content (AvgIpc) is 2.89. The molecule has 1 aliphatic rings. The maximum absolute atomic E-state index is 13.0. The number of benzene rings is 2. The lowest BCUT2D eigenvalue weighted by molar-refractivity contribution is -0.141. The standard InChI is InChI=1S/C27H26Cl2N4O4/c1-33(26(35)23-20(28)5-2-6-21(23)29)22(27(36)37)13-16-7-9-18(10-8-16)25(34)32-15-17-12-19-4-3-11-30-24(19)31-14-17/h2,5-10,12,14,22H,3-4,11,13,15H2,1H3,(H,30,31)(H,32,34)(H,36,37)/t22-/m0/s1. The number of anilines is 1. The van der Waals surface area contributed by atoms with Crippen molar-refractivity contribution in [2.24, 2.45) is 0 Å². The van der Waals surface area contributed by atoms with Crippen LogP contribution in [0.1, 0.15) is 43.8 Å². The molecule has 1 aromatic heterocycles. The van der Waals surface area contributed by atoms with Crippen molar-refractivity contribution in [3.05, 3.63) is 92.6 Å². The Balaban J connectivity index is 1.39. The van der Waals surface area contributed by atoms with Crippen LogP contribution in [0.25, 0.3) is 0 Å². The van der Waals surface area contributed by atoms with Crippen molar-refractivity contribution < 1.29 is 19.5 Å². The number of halogens is 2. The molecular formula is C27H26Cl2N4O4. The van der Waals surface area contributed by atoms with Gasteiger partial charge in [-0.2, -0.15) is 0 Å². The van der Waals surface area contributed by atoms with Crippen molar-refractivity contribution in [1.29, 1.82) is 0 Å². The molecular weight excluding hydrogens is 515 g/mol. The molecule has 1 atom stereocenters. The van der Waals surface area contributed by atoms with Gasteiger partial charge < -0.3 is 20.6 Å². The molecule has 3 aromatic rings.